The van der Waals surface area contributed by atoms with E-state index in [2.05, 4.69) is 9.44 Å². The van der Waals surface area contributed by atoms with Crippen molar-refractivity contribution in [1.29, 1.82) is 0 Å². The van der Waals surface area contributed by atoms with Crippen molar-refractivity contribution in [2.45, 2.75) is 16.7 Å². The Balaban J connectivity index is 1.74. The van der Waals surface area contributed by atoms with Crippen LogP contribution in [0.5, 0.6) is 0 Å². The van der Waals surface area contributed by atoms with Gasteiger partial charge in [-0.2, -0.15) is 0 Å². The molecule has 0 aromatic heterocycles. The molecule has 12 heteroatoms. The normalized spacial score (nSPS) is 11.6. The summed E-state index contributed by atoms with van der Waals surface area (Å²) in [4.78, 5) is 11.5. The molecule has 0 aliphatic carbocycles. The average Bonchev–Trinajstić information content (AvgIpc) is 2.73. The molecule has 0 aliphatic rings. The Labute approximate surface area is 201 Å². The number of esters is 1. The standard InChI is InChI=1S/C21H18Cl2N2O6S2/c1-2-31-21(26)14-3-5-17(6-4-14)24-32(27,28)19-9-7-18(8-10-19)25-33(29,30)20-12-15(22)11-16(23)13-20/h3-13,24-25H,2H2,1H3. The molecule has 3 rings (SSSR count). The number of hydrogen-bond acceptors (Lipinski definition) is 6. The van der Waals surface area contributed by atoms with E-state index < -0.39 is 26.0 Å². The first-order valence-corrected chi connectivity index (χ1v) is 13.1. The van der Waals surface area contributed by atoms with Crippen molar-refractivity contribution in [2.75, 3.05) is 16.1 Å². The molecule has 2 N–H and O–H groups in total. The summed E-state index contributed by atoms with van der Waals surface area (Å²) in [5.74, 6) is -0.509. The van der Waals surface area contributed by atoms with E-state index in [9.17, 15) is 21.6 Å². The molecule has 0 saturated carbocycles. The number of hydrogen-bond donors (Lipinski definition) is 2. The summed E-state index contributed by atoms with van der Waals surface area (Å²) in [7, 11) is -7.95. The predicted molar refractivity (Wildman–Crippen MR) is 127 cm³/mol. The highest BCUT2D eigenvalue weighted by atomic mass is 35.5. The lowest BCUT2D eigenvalue weighted by Crippen LogP contribution is -2.15. The van der Waals surface area contributed by atoms with Gasteiger partial charge in [-0.15, -0.1) is 0 Å². The van der Waals surface area contributed by atoms with Crippen LogP contribution in [0.4, 0.5) is 11.4 Å². The van der Waals surface area contributed by atoms with Crippen molar-refractivity contribution >= 4 is 60.6 Å². The number of ether oxygens (including phenoxy) is 1. The predicted octanol–water partition coefficient (Wildman–Crippen LogP) is 4.77. The van der Waals surface area contributed by atoms with Gasteiger partial charge in [-0.25, -0.2) is 21.6 Å². The maximum Gasteiger partial charge on any atom is 0.338 e. The third kappa shape index (κ3) is 6.38. The second-order valence-electron chi connectivity index (χ2n) is 6.64. The molecular formula is C21H18Cl2N2O6S2. The monoisotopic (exact) mass is 528 g/mol. The number of carbonyl (C=O) groups excluding carboxylic acids is 1. The quantitative estimate of drug-likeness (QED) is 0.406. The zero-order chi connectivity index (χ0) is 24.2. The van der Waals surface area contributed by atoms with Gasteiger partial charge in [0.15, 0.2) is 0 Å². The summed E-state index contributed by atoms with van der Waals surface area (Å²) < 4.78 is 60.0. The van der Waals surface area contributed by atoms with Crippen molar-refractivity contribution in [2.24, 2.45) is 0 Å². The minimum atomic E-state index is -3.99. The Morgan fingerprint density at radius 2 is 1.21 bits per heavy atom. The van der Waals surface area contributed by atoms with E-state index in [-0.39, 0.29) is 43.4 Å². The van der Waals surface area contributed by atoms with E-state index in [1.807, 2.05) is 0 Å². The third-order valence-corrected chi connectivity index (χ3v) is 7.41. The van der Waals surface area contributed by atoms with Crippen molar-refractivity contribution in [3.05, 3.63) is 82.3 Å². The lowest BCUT2D eigenvalue weighted by atomic mass is 10.2. The van der Waals surface area contributed by atoms with Gasteiger partial charge in [-0.3, -0.25) is 9.44 Å². The molecule has 0 bridgehead atoms. The highest BCUT2D eigenvalue weighted by Gasteiger charge is 2.18. The Morgan fingerprint density at radius 3 is 1.70 bits per heavy atom. The number of nitrogens with one attached hydrogen (secondary N) is 2. The van der Waals surface area contributed by atoms with Gasteiger partial charge in [-0.05, 0) is 73.7 Å². The Morgan fingerprint density at radius 1 is 0.758 bits per heavy atom. The molecule has 0 fully saturated rings. The summed E-state index contributed by atoms with van der Waals surface area (Å²) in [5.41, 5.74) is 0.673. The van der Waals surface area contributed by atoms with Crippen LogP contribution in [0.25, 0.3) is 0 Å². The molecular weight excluding hydrogens is 511 g/mol. The molecule has 0 saturated heterocycles. The molecule has 0 heterocycles. The van der Waals surface area contributed by atoms with Gasteiger partial charge in [0, 0.05) is 21.4 Å². The number of benzene rings is 3. The van der Waals surface area contributed by atoms with Gasteiger partial charge >= 0.3 is 5.97 Å². The number of sulfonamides is 2. The smallest absolute Gasteiger partial charge is 0.338 e. The molecule has 0 amide bonds. The molecule has 33 heavy (non-hydrogen) atoms. The fourth-order valence-corrected chi connectivity index (χ4v) is 5.55. The van der Waals surface area contributed by atoms with Gasteiger partial charge in [0.25, 0.3) is 20.0 Å². The first kappa shape index (κ1) is 24.8. The van der Waals surface area contributed by atoms with E-state index in [0.717, 1.165) is 0 Å². The highest BCUT2D eigenvalue weighted by Crippen LogP contribution is 2.25. The largest absolute Gasteiger partial charge is 0.462 e. The first-order chi connectivity index (χ1) is 15.5. The lowest BCUT2D eigenvalue weighted by molar-refractivity contribution is 0.0526. The maximum absolute atomic E-state index is 12.6. The fourth-order valence-electron chi connectivity index (χ4n) is 2.70. The second-order valence-corrected chi connectivity index (χ2v) is 10.9. The topological polar surface area (TPSA) is 119 Å². The van der Waals surface area contributed by atoms with Gasteiger partial charge < -0.3 is 4.74 Å². The molecule has 0 unspecified atom stereocenters. The van der Waals surface area contributed by atoms with Crippen LogP contribution in [-0.2, 0) is 24.8 Å². The number of carbonyl (C=O) groups is 1. The Kier molecular flexibility index (Phi) is 7.53. The van der Waals surface area contributed by atoms with Gasteiger partial charge in [0.2, 0.25) is 0 Å². The molecule has 0 atom stereocenters. The zero-order valence-electron chi connectivity index (χ0n) is 17.1. The van der Waals surface area contributed by atoms with E-state index in [0.29, 0.717) is 0 Å². The summed E-state index contributed by atoms with van der Waals surface area (Å²) in [6.45, 7) is 1.91. The minimum absolute atomic E-state index is 0.0919. The van der Waals surface area contributed by atoms with E-state index in [1.165, 1.54) is 66.7 Å². The average molecular weight is 529 g/mol. The molecule has 0 aliphatic heterocycles. The molecule has 0 radical (unpaired) electrons. The maximum atomic E-state index is 12.6. The summed E-state index contributed by atoms with van der Waals surface area (Å²) in [5, 5.41) is 0.316. The summed E-state index contributed by atoms with van der Waals surface area (Å²) in [6, 6.07) is 14.7. The van der Waals surface area contributed by atoms with Gasteiger partial charge in [-0.1, -0.05) is 23.2 Å². The molecule has 0 spiro atoms. The van der Waals surface area contributed by atoms with Crippen LogP contribution in [0.3, 0.4) is 0 Å². The number of rotatable bonds is 8. The van der Waals surface area contributed by atoms with Gasteiger partial charge in [0.1, 0.15) is 0 Å². The summed E-state index contributed by atoms with van der Waals surface area (Å²) in [6.07, 6.45) is 0. The minimum Gasteiger partial charge on any atom is -0.462 e. The Hall–Kier alpha value is -2.79. The number of anilines is 2. The van der Waals surface area contributed by atoms with Crippen LogP contribution in [0, 0.1) is 0 Å². The van der Waals surface area contributed by atoms with Gasteiger partial charge in [0.05, 0.1) is 22.0 Å². The molecule has 3 aromatic carbocycles. The SMILES string of the molecule is CCOC(=O)c1ccc(NS(=O)(=O)c2ccc(NS(=O)(=O)c3cc(Cl)cc(Cl)c3)cc2)cc1. The molecule has 8 nitrogen and oxygen atoms in total. The second kappa shape index (κ2) is 10.0. The molecule has 174 valence electrons. The lowest BCUT2D eigenvalue weighted by Gasteiger charge is -2.11. The number of halogens is 2. The van der Waals surface area contributed by atoms with Crippen molar-refractivity contribution in [3.63, 3.8) is 0 Å². The van der Waals surface area contributed by atoms with Crippen LogP contribution in [0.1, 0.15) is 17.3 Å². The first-order valence-electron chi connectivity index (χ1n) is 9.39. The van der Waals surface area contributed by atoms with E-state index in [4.69, 9.17) is 27.9 Å². The van der Waals surface area contributed by atoms with Crippen molar-refractivity contribution in [3.8, 4) is 0 Å². The van der Waals surface area contributed by atoms with E-state index in [1.54, 1.807) is 6.92 Å². The van der Waals surface area contributed by atoms with Crippen molar-refractivity contribution in [1.82, 2.24) is 0 Å². The van der Waals surface area contributed by atoms with Crippen LogP contribution in [0.15, 0.2) is 76.5 Å². The summed E-state index contributed by atoms with van der Waals surface area (Å²) >= 11 is 11.7. The fraction of sp³-hybridized carbons (Fsp3) is 0.0952. The van der Waals surface area contributed by atoms with E-state index >= 15 is 0 Å². The highest BCUT2D eigenvalue weighted by molar-refractivity contribution is 7.93. The van der Waals surface area contributed by atoms with Crippen molar-refractivity contribution < 1.29 is 26.4 Å². The van der Waals surface area contributed by atoms with Crippen LogP contribution in [-0.4, -0.2) is 29.4 Å². The van der Waals surface area contributed by atoms with Crippen LogP contribution in [0.2, 0.25) is 10.0 Å². The van der Waals surface area contributed by atoms with Crippen LogP contribution >= 0.6 is 23.2 Å². The zero-order valence-corrected chi connectivity index (χ0v) is 20.2. The molecule has 3 aromatic rings. The van der Waals surface area contributed by atoms with Crippen LogP contribution < -0.4 is 9.44 Å². The third-order valence-electron chi connectivity index (χ3n) is 4.21. The Bertz CT molecular complexity index is 1360.